The lowest BCUT2D eigenvalue weighted by Gasteiger charge is -2.20. The third kappa shape index (κ3) is 3.08. The van der Waals surface area contributed by atoms with E-state index in [1.807, 2.05) is 0 Å². The molecule has 3 rings (SSSR count). The topological polar surface area (TPSA) is 46.3 Å². The Morgan fingerprint density at radius 2 is 2.00 bits per heavy atom. The van der Waals surface area contributed by atoms with Crippen molar-refractivity contribution in [2.24, 2.45) is 29.4 Å². The van der Waals surface area contributed by atoms with E-state index in [-0.39, 0.29) is 12.4 Å². The molecule has 2 saturated carbocycles. The maximum absolute atomic E-state index is 12.3. The van der Waals surface area contributed by atoms with Crippen molar-refractivity contribution >= 4 is 18.3 Å². The lowest BCUT2D eigenvalue weighted by Crippen LogP contribution is -2.34. The molecule has 1 aliphatic heterocycles. The highest BCUT2D eigenvalue weighted by molar-refractivity contribution is 5.85. The minimum absolute atomic E-state index is 0. The first-order valence-corrected chi connectivity index (χ1v) is 7.67. The quantitative estimate of drug-likeness (QED) is 0.847. The SMILES string of the molecule is CC1CCC(CC(=O)N2CC3CCC(N)C3C2)C1.Cl. The monoisotopic (exact) mass is 286 g/mol. The summed E-state index contributed by atoms with van der Waals surface area (Å²) >= 11 is 0. The van der Waals surface area contributed by atoms with E-state index < -0.39 is 0 Å². The Hall–Kier alpha value is -0.280. The Morgan fingerprint density at radius 1 is 1.21 bits per heavy atom. The van der Waals surface area contributed by atoms with Gasteiger partial charge in [0.25, 0.3) is 0 Å². The first-order valence-electron chi connectivity index (χ1n) is 7.67. The number of carbonyl (C=O) groups excluding carboxylic acids is 1. The summed E-state index contributed by atoms with van der Waals surface area (Å²) in [6.45, 7) is 4.23. The van der Waals surface area contributed by atoms with Crippen LogP contribution in [0.3, 0.4) is 0 Å². The van der Waals surface area contributed by atoms with Crippen LogP contribution in [-0.2, 0) is 4.79 Å². The molecule has 0 bridgehead atoms. The highest BCUT2D eigenvalue weighted by atomic mass is 35.5. The van der Waals surface area contributed by atoms with Gasteiger partial charge in [-0.3, -0.25) is 4.79 Å². The summed E-state index contributed by atoms with van der Waals surface area (Å²) < 4.78 is 0. The smallest absolute Gasteiger partial charge is 0.222 e. The van der Waals surface area contributed by atoms with Crippen LogP contribution in [0.4, 0.5) is 0 Å². The van der Waals surface area contributed by atoms with Crippen molar-refractivity contribution in [1.82, 2.24) is 4.90 Å². The average molecular weight is 287 g/mol. The summed E-state index contributed by atoms with van der Waals surface area (Å²) in [5, 5.41) is 0. The molecule has 3 fully saturated rings. The van der Waals surface area contributed by atoms with Crippen LogP contribution in [-0.4, -0.2) is 29.9 Å². The van der Waals surface area contributed by atoms with Crippen LogP contribution in [0, 0.1) is 23.7 Å². The molecule has 4 heteroatoms. The van der Waals surface area contributed by atoms with Crippen molar-refractivity contribution < 1.29 is 4.79 Å². The van der Waals surface area contributed by atoms with Gasteiger partial charge in [0, 0.05) is 25.6 Å². The second-order valence-corrected chi connectivity index (χ2v) is 6.95. The van der Waals surface area contributed by atoms with Crippen LogP contribution in [0.15, 0.2) is 0 Å². The maximum Gasteiger partial charge on any atom is 0.222 e. The van der Waals surface area contributed by atoms with Gasteiger partial charge in [-0.25, -0.2) is 0 Å². The normalized spacial score (nSPS) is 41.2. The molecule has 0 aromatic carbocycles. The maximum atomic E-state index is 12.3. The number of likely N-dealkylation sites (tertiary alicyclic amines) is 1. The molecule has 3 aliphatic rings. The first-order chi connectivity index (χ1) is 8.63. The van der Waals surface area contributed by atoms with Gasteiger partial charge in [0.05, 0.1) is 0 Å². The number of halogens is 1. The van der Waals surface area contributed by atoms with Crippen LogP contribution in [0.5, 0.6) is 0 Å². The Bertz CT molecular complexity index is 336. The Balaban J connectivity index is 0.00000133. The summed E-state index contributed by atoms with van der Waals surface area (Å²) in [4.78, 5) is 14.4. The van der Waals surface area contributed by atoms with Crippen LogP contribution >= 0.6 is 12.4 Å². The summed E-state index contributed by atoms with van der Waals surface area (Å²) in [7, 11) is 0. The molecule has 1 amide bonds. The van der Waals surface area contributed by atoms with Crippen LogP contribution in [0.2, 0.25) is 0 Å². The van der Waals surface area contributed by atoms with Gasteiger partial charge in [-0.1, -0.05) is 13.3 Å². The van der Waals surface area contributed by atoms with Crippen LogP contribution in [0.25, 0.3) is 0 Å². The fourth-order valence-electron chi connectivity index (χ4n) is 4.40. The second kappa shape index (κ2) is 6.01. The molecule has 19 heavy (non-hydrogen) atoms. The van der Waals surface area contributed by atoms with E-state index in [0.29, 0.717) is 29.7 Å². The molecule has 1 heterocycles. The molecule has 0 spiro atoms. The molecule has 3 nitrogen and oxygen atoms in total. The fourth-order valence-corrected chi connectivity index (χ4v) is 4.40. The van der Waals surface area contributed by atoms with Crippen molar-refractivity contribution in [3.8, 4) is 0 Å². The summed E-state index contributed by atoms with van der Waals surface area (Å²) in [6, 6.07) is 0.347. The van der Waals surface area contributed by atoms with Gasteiger partial charge >= 0.3 is 0 Å². The average Bonchev–Trinajstić information content (AvgIpc) is 2.98. The molecular weight excluding hydrogens is 260 g/mol. The molecule has 0 aromatic rings. The van der Waals surface area contributed by atoms with Crippen LogP contribution < -0.4 is 5.73 Å². The minimum Gasteiger partial charge on any atom is -0.342 e. The number of hydrogen-bond donors (Lipinski definition) is 1. The molecule has 2 aliphatic carbocycles. The van der Waals surface area contributed by atoms with Gasteiger partial charge < -0.3 is 10.6 Å². The number of nitrogens with two attached hydrogens (primary N) is 1. The van der Waals surface area contributed by atoms with Crippen molar-refractivity contribution in [3.63, 3.8) is 0 Å². The van der Waals surface area contributed by atoms with E-state index in [4.69, 9.17) is 5.73 Å². The highest BCUT2D eigenvalue weighted by Gasteiger charge is 2.42. The van der Waals surface area contributed by atoms with Crippen molar-refractivity contribution in [2.75, 3.05) is 13.1 Å². The molecule has 0 aromatic heterocycles. The predicted octanol–water partition coefficient (Wildman–Crippen LogP) is 2.43. The van der Waals surface area contributed by atoms with Crippen molar-refractivity contribution in [1.29, 1.82) is 0 Å². The lowest BCUT2D eigenvalue weighted by atomic mass is 9.98. The van der Waals surface area contributed by atoms with Gasteiger partial charge in [-0.05, 0) is 49.4 Å². The third-order valence-electron chi connectivity index (χ3n) is 5.53. The number of rotatable bonds is 2. The number of hydrogen-bond acceptors (Lipinski definition) is 2. The summed E-state index contributed by atoms with van der Waals surface area (Å²) in [5.74, 6) is 3.18. The number of carbonyl (C=O) groups is 1. The van der Waals surface area contributed by atoms with Gasteiger partial charge in [0.2, 0.25) is 5.91 Å². The lowest BCUT2D eigenvalue weighted by molar-refractivity contribution is -0.131. The van der Waals surface area contributed by atoms with E-state index in [9.17, 15) is 4.79 Å². The first kappa shape index (κ1) is 15.1. The van der Waals surface area contributed by atoms with Gasteiger partial charge in [-0.15, -0.1) is 12.4 Å². The van der Waals surface area contributed by atoms with Gasteiger partial charge in [0.1, 0.15) is 0 Å². The second-order valence-electron chi connectivity index (χ2n) is 6.95. The van der Waals surface area contributed by atoms with E-state index in [2.05, 4.69) is 11.8 Å². The summed E-state index contributed by atoms with van der Waals surface area (Å²) in [5.41, 5.74) is 6.13. The van der Waals surface area contributed by atoms with Crippen molar-refractivity contribution in [2.45, 2.75) is 51.5 Å². The Morgan fingerprint density at radius 3 is 2.63 bits per heavy atom. The standard InChI is InChI=1S/C15H26N2O.ClH/c1-10-2-3-11(6-10)7-15(18)17-8-12-4-5-14(16)13(12)9-17;/h10-14H,2-9,16H2,1H3;1H. The number of fused-ring (bicyclic) bond motifs is 1. The predicted molar refractivity (Wildman–Crippen MR) is 79.1 cm³/mol. The summed E-state index contributed by atoms with van der Waals surface area (Å²) in [6.07, 6.45) is 7.01. The third-order valence-corrected chi connectivity index (χ3v) is 5.53. The highest BCUT2D eigenvalue weighted by Crippen LogP contribution is 2.38. The van der Waals surface area contributed by atoms with Crippen LogP contribution in [0.1, 0.15) is 45.4 Å². The zero-order chi connectivity index (χ0) is 12.7. The van der Waals surface area contributed by atoms with E-state index in [0.717, 1.165) is 31.8 Å². The van der Waals surface area contributed by atoms with Gasteiger partial charge in [0.15, 0.2) is 0 Å². The Kier molecular flexibility index (Phi) is 4.78. The molecule has 5 unspecified atom stereocenters. The van der Waals surface area contributed by atoms with Gasteiger partial charge in [-0.2, -0.15) is 0 Å². The molecule has 110 valence electrons. The largest absolute Gasteiger partial charge is 0.342 e. The molecule has 5 atom stereocenters. The van der Waals surface area contributed by atoms with E-state index in [1.165, 1.54) is 25.7 Å². The molecular formula is C15H27ClN2O. The Labute approximate surface area is 122 Å². The fraction of sp³-hybridized carbons (Fsp3) is 0.933. The zero-order valence-electron chi connectivity index (χ0n) is 11.9. The number of nitrogens with zero attached hydrogens (tertiary/aromatic N) is 1. The molecule has 2 N–H and O–H groups in total. The minimum atomic E-state index is 0. The zero-order valence-corrected chi connectivity index (χ0v) is 12.7. The molecule has 1 saturated heterocycles. The molecule has 0 radical (unpaired) electrons. The van der Waals surface area contributed by atoms with E-state index in [1.54, 1.807) is 0 Å². The number of amides is 1. The van der Waals surface area contributed by atoms with E-state index >= 15 is 0 Å². The van der Waals surface area contributed by atoms with Crippen molar-refractivity contribution in [3.05, 3.63) is 0 Å².